The van der Waals surface area contributed by atoms with Crippen LogP contribution in [0.5, 0.6) is 0 Å². The number of amides is 2. The zero-order chi connectivity index (χ0) is 17.1. The number of hydrogen-bond donors (Lipinski definition) is 0. The Labute approximate surface area is 134 Å². The Bertz CT molecular complexity index is 644. The van der Waals surface area contributed by atoms with Gasteiger partial charge >= 0.3 is 0 Å². The molecule has 0 bridgehead atoms. The molecule has 0 atom stereocenters. The van der Waals surface area contributed by atoms with Crippen LogP contribution in [-0.4, -0.2) is 66.8 Å². The van der Waals surface area contributed by atoms with Crippen LogP contribution in [0.25, 0.3) is 0 Å². The summed E-state index contributed by atoms with van der Waals surface area (Å²) in [5.41, 5.74) is 0.890. The molecule has 0 aromatic heterocycles. The Kier molecular flexibility index (Phi) is 4.83. The molecule has 1 heterocycles. The minimum atomic E-state index is -0.475. The Morgan fingerprint density at radius 2 is 1.96 bits per heavy atom. The van der Waals surface area contributed by atoms with Crippen LogP contribution < -0.4 is 4.90 Å². The van der Waals surface area contributed by atoms with Gasteiger partial charge in [0.15, 0.2) is 0 Å². The van der Waals surface area contributed by atoms with Gasteiger partial charge in [0.2, 0.25) is 5.91 Å². The minimum absolute atomic E-state index is 0.000183. The summed E-state index contributed by atoms with van der Waals surface area (Å²) >= 11 is 0. The van der Waals surface area contributed by atoms with Crippen molar-refractivity contribution in [3.05, 3.63) is 33.9 Å². The molecule has 0 aliphatic carbocycles. The smallest absolute Gasteiger partial charge is 0.271 e. The molecule has 0 radical (unpaired) electrons. The fourth-order valence-corrected chi connectivity index (χ4v) is 2.49. The van der Waals surface area contributed by atoms with Crippen LogP contribution >= 0.6 is 0 Å². The molecule has 23 heavy (non-hydrogen) atoms. The number of anilines is 1. The number of nitro benzene ring substituents is 1. The van der Waals surface area contributed by atoms with Gasteiger partial charge in [-0.25, -0.2) is 0 Å². The molecule has 0 unspecified atom stereocenters. The summed E-state index contributed by atoms with van der Waals surface area (Å²) in [4.78, 5) is 39.9. The molecule has 0 spiro atoms. The van der Waals surface area contributed by atoms with Crippen molar-refractivity contribution in [1.82, 2.24) is 9.80 Å². The molecule has 0 saturated heterocycles. The topological polar surface area (TPSA) is 87.0 Å². The third-order valence-corrected chi connectivity index (χ3v) is 3.90. The summed E-state index contributed by atoms with van der Waals surface area (Å²) in [5, 5.41) is 11.0. The van der Waals surface area contributed by atoms with Crippen molar-refractivity contribution < 1.29 is 14.5 Å². The van der Waals surface area contributed by atoms with Crippen molar-refractivity contribution >= 4 is 23.2 Å². The Hall–Kier alpha value is -2.64. The second kappa shape index (κ2) is 6.64. The van der Waals surface area contributed by atoms with Gasteiger partial charge in [0.05, 0.1) is 16.2 Å². The van der Waals surface area contributed by atoms with E-state index in [-0.39, 0.29) is 24.0 Å². The van der Waals surface area contributed by atoms with E-state index in [9.17, 15) is 19.7 Å². The van der Waals surface area contributed by atoms with Gasteiger partial charge in [0, 0.05) is 45.9 Å². The lowest BCUT2D eigenvalue weighted by molar-refractivity contribution is -0.384. The number of benzene rings is 1. The summed E-state index contributed by atoms with van der Waals surface area (Å²) in [6, 6.07) is 4.22. The first-order chi connectivity index (χ1) is 10.8. The average molecular weight is 320 g/mol. The summed E-state index contributed by atoms with van der Waals surface area (Å²) in [5.74, 6) is -0.437. The first kappa shape index (κ1) is 16.7. The highest BCUT2D eigenvalue weighted by atomic mass is 16.6. The lowest BCUT2D eigenvalue weighted by Crippen LogP contribution is -2.41. The second-order valence-corrected chi connectivity index (χ2v) is 5.55. The lowest BCUT2D eigenvalue weighted by atomic mass is 10.1. The summed E-state index contributed by atoms with van der Waals surface area (Å²) in [7, 11) is 3.28. The predicted octanol–water partition coefficient (Wildman–Crippen LogP) is 0.965. The van der Waals surface area contributed by atoms with E-state index in [4.69, 9.17) is 0 Å². The van der Waals surface area contributed by atoms with Gasteiger partial charge in [0.25, 0.3) is 11.6 Å². The maximum absolute atomic E-state index is 12.7. The van der Waals surface area contributed by atoms with E-state index in [0.29, 0.717) is 30.9 Å². The molecule has 124 valence electrons. The van der Waals surface area contributed by atoms with Crippen LogP contribution in [-0.2, 0) is 4.79 Å². The first-order valence-corrected chi connectivity index (χ1v) is 7.38. The van der Waals surface area contributed by atoms with Gasteiger partial charge in [-0.3, -0.25) is 19.7 Å². The van der Waals surface area contributed by atoms with E-state index in [2.05, 4.69) is 0 Å². The predicted molar refractivity (Wildman–Crippen MR) is 85.6 cm³/mol. The third-order valence-electron chi connectivity index (χ3n) is 3.90. The number of fused-ring (bicyclic) bond motifs is 1. The molecule has 8 nitrogen and oxygen atoms in total. The van der Waals surface area contributed by atoms with E-state index in [1.54, 1.807) is 14.1 Å². The van der Waals surface area contributed by atoms with Crippen LogP contribution in [0.15, 0.2) is 18.2 Å². The van der Waals surface area contributed by atoms with Gasteiger partial charge in [-0.2, -0.15) is 0 Å². The molecule has 0 saturated carbocycles. The fourth-order valence-electron chi connectivity index (χ4n) is 2.49. The van der Waals surface area contributed by atoms with Gasteiger partial charge in [-0.15, -0.1) is 0 Å². The third kappa shape index (κ3) is 3.41. The van der Waals surface area contributed by atoms with Gasteiger partial charge in [-0.1, -0.05) is 0 Å². The van der Waals surface area contributed by atoms with E-state index in [0.717, 1.165) is 0 Å². The summed E-state index contributed by atoms with van der Waals surface area (Å²) in [6.45, 7) is 3.47. The SMILES string of the molecule is CCN1CCN(CC(=O)N(C)C)C(=O)c2ccc([N+](=O)[O-])cc21. The number of carbonyl (C=O) groups excluding carboxylic acids is 2. The quantitative estimate of drug-likeness (QED) is 0.609. The monoisotopic (exact) mass is 320 g/mol. The number of nitro groups is 1. The highest BCUT2D eigenvalue weighted by molar-refractivity contribution is 6.02. The number of likely N-dealkylation sites (N-methyl/N-ethyl adjacent to an activating group) is 2. The Balaban J connectivity index is 2.39. The van der Waals surface area contributed by atoms with Crippen LogP contribution in [0.2, 0.25) is 0 Å². The molecule has 2 amide bonds. The Morgan fingerprint density at radius 1 is 1.30 bits per heavy atom. The maximum atomic E-state index is 12.7. The molecule has 0 N–H and O–H groups in total. The minimum Gasteiger partial charge on any atom is -0.369 e. The molecule has 0 fully saturated rings. The van der Waals surface area contributed by atoms with Crippen LogP contribution in [0.4, 0.5) is 11.4 Å². The van der Waals surface area contributed by atoms with Crippen LogP contribution in [0.3, 0.4) is 0 Å². The maximum Gasteiger partial charge on any atom is 0.271 e. The van der Waals surface area contributed by atoms with Gasteiger partial charge < -0.3 is 14.7 Å². The molecular weight excluding hydrogens is 300 g/mol. The molecule has 8 heteroatoms. The van der Waals surface area contributed by atoms with E-state index < -0.39 is 4.92 Å². The van der Waals surface area contributed by atoms with Gasteiger partial charge in [0.1, 0.15) is 6.54 Å². The van der Waals surface area contributed by atoms with Crippen molar-refractivity contribution in [1.29, 1.82) is 0 Å². The number of non-ortho nitro benzene ring substituents is 1. The zero-order valence-electron chi connectivity index (χ0n) is 13.5. The van der Waals surface area contributed by atoms with Gasteiger partial charge in [-0.05, 0) is 13.0 Å². The molecule has 2 rings (SSSR count). The van der Waals surface area contributed by atoms with E-state index >= 15 is 0 Å². The Morgan fingerprint density at radius 3 is 2.52 bits per heavy atom. The van der Waals surface area contributed by atoms with E-state index in [1.807, 2.05) is 11.8 Å². The highest BCUT2D eigenvalue weighted by Crippen LogP contribution is 2.29. The van der Waals surface area contributed by atoms with E-state index in [1.165, 1.54) is 28.0 Å². The normalized spacial score (nSPS) is 14.3. The standard InChI is InChI=1S/C15H20N4O4/c1-4-17-7-8-18(10-14(20)16(2)3)15(21)12-6-5-11(19(22)23)9-13(12)17/h5-6,9H,4,7-8,10H2,1-3H3. The van der Waals surface area contributed by atoms with Crippen LogP contribution in [0.1, 0.15) is 17.3 Å². The molecule has 1 aromatic rings. The van der Waals surface area contributed by atoms with Crippen molar-refractivity contribution in [3.63, 3.8) is 0 Å². The second-order valence-electron chi connectivity index (χ2n) is 5.55. The summed E-state index contributed by atoms with van der Waals surface area (Å²) < 4.78 is 0. The largest absolute Gasteiger partial charge is 0.369 e. The first-order valence-electron chi connectivity index (χ1n) is 7.38. The fraction of sp³-hybridized carbons (Fsp3) is 0.467. The zero-order valence-corrected chi connectivity index (χ0v) is 13.5. The van der Waals surface area contributed by atoms with Crippen molar-refractivity contribution in [2.24, 2.45) is 0 Å². The average Bonchev–Trinajstić information content (AvgIpc) is 2.64. The highest BCUT2D eigenvalue weighted by Gasteiger charge is 2.28. The lowest BCUT2D eigenvalue weighted by Gasteiger charge is -2.23. The summed E-state index contributed by atoms with van der Waals surface area (Å²) in [6.07, 6.45) is 0. The number of nitrogens with zero attached hydrogens (tertiary/aromatic N) is 4. The van der Waals surface area contributed by atoms with Crippen molar-refractivity contribution in [2.45, 2.75) is 6.92 Å². The molecule has 1 aliphatic rings. The number of hydrogen-bond acceptors (Lipinski definition) is 5. The molecule has 1 aliphatic heterocycles. The van der Waals surface area contributed by atoms with Crippen molar-refractivity contribution in [3.8, 4) is 0 Å². The molecular formula is C15H20N4O4. The van der Waals surface area contributed by atoms with Crippen LogP contribution in [0, 0.1) is 10.1 Å². The number of carbonyl (C=O) groups is 2. The van der Waals surface area contributed by atoms with Crippen molar-refractivity contribution in [2.75, 3.05) is 45.2 Å². The molecule has 1 aromatic carbocycles. The number of rotatable bonds is 4.